The Morgan fingerprint density at radius 2 is 1.89 bits per heavy atom. The number of rotatable bonds is 6. The standard InChI is InChI=1S/C22H27NO4/c1-5-18(27-19-8-6-7-14(2)15(19)3)22(24)23-16(4)17-9-10-20-21(13-17)26-12-11-25-20/h6-10,13,16,18H,5,11-12H2,1-4H3,(H,23,24)/t16-,18-/m1/s1. The molecule has 2 atom stereocenters. The van der Waals surface area contributed by atoms with E-state index >= 15 is 0 Å². The van der Waals surface area contributed by atoms with E-state index in [0.29, 0.717) is 19.6 Å². The zero-order chi connectivity index (χ0) is 19.4. The van der Waals surface area contributed by atoms with E-state index in [1.54, 1.807) is 0 Å². The molecule has 2 aromatic carbocycles. The fraction of sp³-hybridized carbons (Fsp3) is 0.409. The van der Waals surface area contributed by atoms with Crippen LogP contribution in [0.25, 0.3) is 0 Å². The summed E-state index contributed by atoms with van der Waals surface area (Å²) in [6.45, 7) is 9.05. The summed E-state index contributed by atoms with van der Waals surface area (Å²) < 4.78 is 17.2. The second-order valence-corrected chi connectivity index (χ2v) is 6.85. The van der Waals surface area contributed by atoms with Gasteiger partial charge in [0.15, 0.2) is 17.6 Å². The van der Waals surface area contributed by atoms with E-state index in [1.807, 2.05) is 64.1 Å². The third-order valence-electron chi connectivity index (χ3n) is 4.91. The van der Waals surface area contributed by atoms with Crippen molar-refractivity contribution < 1.29 is 19.0 Å². The molecule has 144 valence electrons. The van der Waals surface area contributed by atoms with Gasteiger partial charge in [0.1, 0.15) is 19.0 Å². The third-order valence-corrected chi connectivity index (χ3v) is 4.91. The number of fused-ring (bicyclic) bond motifs is 1. The average Bonchev–Trinajstić information content (AvgIpc) is 2.68. The first-order valence-corrected chi connectivity index (χ1v) is 9.42. The van der Waals surface area contributed by atoms with Crippen molar-refractivity contribution in [2.75, 3.05) is 13.2 Å². The third kappa shape index (κ3) is 4.35. The fourth-order valence-corrected chi connectivity index (χ4v) is 3.05. The summed E-state index contributed by atoms with van der Waals surface area (Å²) in [7, 11) is 0. The summed E-state index contributed by atoms with van der Waals surface area (Å²) in [6.07, 6.45) is 0.0535. The molecule has 2 aromatic rings. The maximum Gasteiger partial charge on any atom is 0.261 e. The van der Waals surface area contributed by atoms with Crippen LogP contribution in [0.1, 0.15) is 43.0 Å². The Morgan fingerprint density at radius 3 is 2.63 bits per heavy atom. The van der Waals surface area contributed by atoms with E-state index in [1.165, 1.54) is 0 Å². The molecule has 0 bridgehead atoms. The van der Waals surface area contributed by atoms with Gasteiger partial charge in [0, 0.05) is 0 Å². The van der Waals surface area contributed by atoms with Crippen LogP contribution >= 0.6 is 0 Å². The van der Waals surface area contributed by atoms with Crippen molar-refractivity contribution in [2.24, 2.45) is 0 Å². The molecule has 1 amide bonds. The van der Waals surface area contributed by atoms with Crippen LogP contribution in [-0.4, -0.2) is 25.2 Å². The second-order valence-electron chi connectivity index (χ2n) is 6.85. The molecule has 0 saturated carbocycles. The SMILES string of the molecule is CC[C@@H](Oc1cccc(C)c1C)C(=O)N[C@H](C)c1ccc2c(c1)OCCO2. The van der Waals surface area contributed by atoms with Crippen molar-refractivity contribution >= 4 is 5.91 Å². The lowest BCUT2D eigenvalue weighted by molar-refractivity contribution is -0.128. The lowest BCUT2D eigenvalue weighted by Crippen LogP contribution is -2.39. The molecule has 0 spiro atoms. The van der Waals surface area contributed by atoms with Crippen molar-refractivity contribution in [1.29, 1.82) is 0 Å². The molecule has 3 rings (SSSR count). The Kier molecular flexibility index (Phi) is 5.89. The lowest BCUT2D eigenvalue weighted by atomic mass is 10.1. The molecule has 0 saturated heterocycles. The molecule has 0 radical (unpaired) electrons. The van der Waals surface area contributed by atoms with E-state index in [2.05, 4.69) is 5.32 Å². The van der Waals surface area contributed by atoms with Crippen molar-refractivity contribution in [3.8, 4) is 17.2 Å². The summed E-state index contributed by atoms with van der Waals surface area (Å²) in [4.78, 5) is 12.8. The number of hydrogen-bond acceptors (Lipinski definition) is 4. The predicted octanol–water partition coefficient (Wildman–Crippen LogP) is 4.11. The smallest absolute Gasteiger partial charge is 0.261 e. The molecule has 0 unspecified atom stereocenters. The first-order valence-electron chi connectivity index (χ1n) is 9.42. The summed E-state index contributed by atoms with van der Waals surface area (Å²) in [5.41, 5.74) is 3.17. The molecule has 5 nitrogen and oxygen atoms in total. The average molecular weight is 369 g/mol. The molecule has 0 fully saturated rings. The predicted molar refractivity (Wildman–Crippen MR) is 105 cm³/mol. The molecular formula is C22H27NO4. The maximum atomic E-state index is 12.8. The number of ether oxygens (including phenoxy) is 3. The quantitative estimate of drug-likeness (QED) is 0.833. The molecular weight excluding hydrogens is 342 g/mol. The van der Waals surface area contributed by atoms with Gasteiger partial charge in [0.2, 0.25) is 0 Å². The Bertz CT molecular complexity index is 818. The van der Waals surface area contributed by atoms with Crippen LogP contribution in [0.2, 0.25) is 0 Å². The van der Waals surface area contributed by atoms with Crippen molar-refractivity contribution in [1.82, 2.24) is 5.32 Å². The largest absolute Gasteiger partial charge is 0.486 e. The van der Waals surface area contributed by atoms with Gasteiger partial charge in [-0.3, -0.25) is 4.79 Å². The summed E-state index contributed by atoms with van der Waals surface area (Å²) in [5, 5.41) is 3.05. The molecule has 1 aliphatic rings. The van der Waals surface area contributed by atoms with Crippen LogP contribution in [0.5, 0.6) is 17.2 Å². The number of carbonyl (C=O) groups excluding carboxylic acids is 1. The van der Waals surface area contributed by atoms with Gasteiger partial charge >= 0.3 is 0 Å². The number of aryl methyl sites for hydroxylation is 1. The Labute approximate surface area is 160 Å². The molecule has 0 aromatic heterocycles. The van der Waals surface area contributed by atoms with Gasteiger partial charge in [0.05, 0.1) is 6.04 Å². The number of nitrogens with one attached hydrogen (secondary N) is 1. The van der Waals surface area contributed by atoms with Crippen LogP contribution < -0.4 is 19.5 Å². The van der Waals surface area contributed by atoms with Crippen molar-refractivity contribution in [2.45, 2.75) is 46.3 Å². The molecule has 1 N–H and O–H groups in total. The molecule has 1 heterocycles. The Balaban J connectivity index is 1.68. The summed E-state index contributed by atoms with van der Waals surface area (Å²) >= 11 is 0. The van der Waals surface area contributed by atoms with Crippen molar-refractivity contribution in [3.05, 3.63) is 53.1 Å². The first kappa shape index (κ1) is 19.1. The highest BCUT2D eigenvalue weighted by Gasteiger charge is 2.22. The maximum absolute atomic E-state index is 12.8. The molecule has 1 aliphatic heterocycles. The van der Waals surface area contributed by atoms with Crippen LogP contribution in [0, 0.1) is 13.8 Å². The first-order chi connectivity index (χ1) is 13.0. The van der Waals surface area contributed by atoms with Crippen LogP contribution in [0.4, 0.5) is 0 Å². The second kappa shape index (κ2) is 8.33. The van der Waals surface area contributed by atoms with E-state index in [9.17, 15) is 4.79 Å². The van der Waals surface area contributed by atoms with Gasteiger partial charge in [-0.15, -0.1) is 0 Å². The van der Waals surface area contributed by atoms with Gasteiger partial charge in [-0.25, -0.2) is 0 Å². The minimum Gasteiger partial charge on any atom is -0.486 e. The fourth-order valence-electron chi connectivity index (χ4n) is 3.05. The highest BCUT2D eigenvalue weighted by Crippen LogP contribution is 2.32. The van der Waals surface area contributed by atoms with Gasteiger partial charge in [-0.05, 0) is 62.1 Å². The Hall–Kier alpha value is -2.69. The highest BCUT2D eigenvalue weighted by molar-refractivity contribution is 5.81. The zero-order valence-corrected chi connectivity index (χ0v) is 16.4. The number of carbonyl (C=O) groups is 1. The van der Waals surface area contributed by atoms with Gasteiger partial charge < -0.3 is 19.5 Å². The van der Waals surface area contributed by atoms with Crippen molar-refractivity contribution in [3.63, 3.8) is 0 Å². The molecule has 0 aliphatic carbocycles. The highest BCUT2D eigenvalue weighted by atomic mass is 16.6. The number of amides is 1. The lowest BCUT2D eigenvalue weighted by Gasteiger charge is -2.23. The number of hydrogen-bond donors (Lipinski definition) is 1. The van der Waals surface area contributed by atoms with Crippen LogP contribution in [0.3, 0.4) is 0 Å². The van der Waals surface area contributed by atoms with E-state index in [-0.39, 0.29) is 11.9 Å². The summed E-state index contributed by atoms with van der Waals surface area (Å²) in [5.74, 6) is 2.09. The van der Waals surface area contributed by atoms with Crippen LogP contribution in [-0.2, 0) is 4.79 Å². The van der Waals surface area contributed by atoms with Crippen LogP contribution in [0.15, 0.2) is 36.4 Å². The monoisotopic (exact) mass is 369 g/mol. The normalized spacial score (nSPS) is 15.0. The molecule has 5 heteroatoms. The summed E-state index contributed by atoms with van der Waals surface area (Å²) in [6, 6.07) is 11.5. The number of benzene rings is 2. The van der Waals surface area contributed by atoms with E-state index in [4.69, 9.17) is 14.2 Å². The van der Waals surface area contributed by atoms with E-state index in [0.717, 1.165) is 33.9 Å². The zero-order valence-electron chi connectivity index (χ0n) is 16.4. The van der Waals surface area contributed by atoms with Gasteiger partial charge in [-0.1, -0.05) is 25.1 Å². The Morgan fingerprint density at radius 1 is 1.15 bits per heavy atom. The minimum atomic E-state index is -0.537. The topological polar surface area (TPSA) is 56.8 Å². The van der Waals surface area contributed by atoms with Gasteiger partial charge in [0.25, 0.3) is 5.91 Å². The van der Waals surface area contributed by atoms with Gasteiger partial charge in [-0.2, -0.15) is 0 Å². The minimum absolute atomic E-state index is 0.124. The van der Waals surface area contributed by atoms with E-state index < -0.39 is 6.10 Å². The molecule has 27 heavy (non-hydrogen) atoms.